The minimum absolute atomic E-state index is 0.230. The van der Waals surface area contributed by atoms with Gasteiger partial charge in [0.25, 0.3) is 5.91 Å². The lowest BCUT2D eigenvalue weighted by molar-refractivity contribution is 0.0934. The number of methoxy groups -OCH3 is 1. The Kier molecular flexibility index (Phi) is 4.11. The third kappa shape index (κ3) is 3.20. The zero-order valence-electron chi connectivity index (χ0n) is 10.7. The topological polar surface area (TPSA) is 90.4 Å². The van der Waals surface area contributed by atoms with E-state index in [-0.39, 0.29) is 17.5 Å². The molecule has 1 aromatic heterocycles. The minimum atomic E-state index is -0.419. The number of hydrogen-bond acceptors (Lipinski definition) is 5. The molecule has 96 valence electrons. The molecule has 0 spiro atoms. The van der Waals surface area contributed by atoms with Gasteiger partial charge in [0.05, 0.1) is 12.7 Å². The number of nitrogens with one attached hydrogen (secondary N) is 1. The number of hydrogen-bond donors (Lipinski definition) is 2. The zero-order valence-corrected chi connectivity index (χ0v) is 10.7. The van der Waals surface area contributed by atoms with Gasteiger partial charge < -0.3 is 20.3 Å². The quantitative estimate of drug-likeness (QED) is 0.797. The first-order chi connectivity index (χ1) is 7.91. The molecule has 1 aromatic rings. The molecule has 0 saturated heterocycles. The average molecular weight is 241 g/mol. The van der Waals surface area contributed by atoms with E-state index in [4.69, 9.17) is 15.0 Å². The predicted octanol–water partition coefficient (Wildman–Crippen LogP) is 0.849. The number of amides is 1. The van der Waals surface area contributed by atoms with Crippen molar-refractivity contribution in [3.8, 4) is 5.95 Å². The Hall–Kier alpha value is -1.56. The van der Waals surface area contributed by atoms with Crippen LogP contribution in [-0.2, 0) is 0 Å². The molecule has 1 rings (SSSR count). The second-order valence-electron chi connectivity index (χ2n) is 4.34. The van der Waals surface area contributed by atoms with Gasteiger partial charge in [-0.05, 0) is 20.3 Å². The fourth-order valence-corrected chi connectivity index (χ4v) is 1.21. The van der Waals surface area contributed by atoms with Crippen LogP contribution in [0.15, 0.2) is 4.52 Å². The first-order valence-electron chi connectivity index (χ1n) is 5.48. The van der Waals surface area contributed by atoms with E-state index in [2.05, 4.69) is 10.5 Å². The maximum absolute atomic E-state index is 11.8. The number of nitrogens with zero attached hydrogens (tertiary/aromatic N) is 1. The second kappa shape index (κ2) is 5.18. The summed E-state index contributed by atoms with van der Waals surface area (Å²) in [5.41, 5.74) is 6.32. The van der Waals surface area contributed by atoms with Crippen molar-refractivity contribution in [1.82, 2.24) is 10.5 Å². The minimum Gasteiger partial charge on any atom is -0.467 e. The average Bonchev–Trinajstić information content (AvgIpc) is 2.67. The van der Waals surface area contributed by atoms with Crippen LogP contribution in [0.4, 0.5) is 0 Å². The van der Waals surface area contributed by atoms with Gasteiger partial charge in [-0.2, -0.15) is 0 Å². The molecule has 0 aromatic carbocycles. The highest BCUT2D eigenvalue weighted by molar-refractivity contribution is 5.93. The van der Waals surface area contributed by atoms with E-state index >= 15 is 0 Å². The molecule has 1 atom stereocenters. The second-order valence-corrected chi connectivity index (χ2v) is 4.34. The summed E-state index contributed by atoms with van der Waals surface area (Å²) in [6, 6.07) is 0. The van der Waals surface area contributed by atoms with E-state index in [1.807, 2.05) is 13.8 Å². The molecular weight excluding hydrogens is 222 g/mol. The lowest BCUT2D eigenvalue weighted by Crippen LogP contribution is -2.47. The summed E-state index contributed by atoms with van der Waals surface area (Å²) in [6.45, 7) is 5.95. The van der Waals surface area contributed by atoms with Gasteiger partial charge >= 0.3 is 5.95 Å². The van der Waals surface area contributed by atoms with E-state index in [0.29, 0.717) is 12.1 Å². The molecule has 0 fully saturated rings. The maximum Gasteiger partial charge on any atom is 0.314 e. The van der Waals surface area contributed by atoms with Crippen LogP contribution in [0.3, 0.4) is 0 Å². The molecule has 1 amide bonds. The van der Waals surface area contributed by atoms with Crippen LogP contribution in [0.25, 0.3) is 0 Å². The lowest BCUT2D eigenvalue weighted by atomic mass is 10.0. The lowest BCUT2D eigenvalue weighted by Gasteiger charge is -2.22. The predicted molar refractivity (Wildman–Crippen MR) is 63.0 cm³/mol. The summed E-state index contributed by atoms with van der Waals surface area (Å²) in [4.78, 5) is 11.8. The smallest absolute Gasteiger partial charge is 0.314 e. The highest BCUT2D eigenvalue weighted by Crippen LogP contribution is 2.20. The van der Waals surface area contributed by atoms with E-state index in [1.54, 1.807) is 6.92 Å². The Balaban J connectivity index is 2.67. The van der Waals surface area contributed by atoms with Crippen LogP contribution in [0.5, 0.6) is 5.95 Å². The highest BCUT2D eigenvalue weighted by atomic mass is 16.6. The van der Waals surface area contributed by atoms with E-state index in [0.717, 1.165) is 6.42 Å². The first kappa shape index (κ1) is 13.5. The molecule has 0 radical (unpaired) electrons. The van der Waals surface area contributed by atoms with Gasteiger partial charge in [0.2, 0.25) is 0 Å². The Bertz CT molecular complexity index is 399. The van der Waals surface area contributed by atoms with E-state index in [9.17, 15) is 4.79 Å². The van der Waals surface area contributed by atoms with Gasteiger partial charge in [-0.3, -0.25) is 4.79 Å². The first-order valence-corrected chi connectivity index (χ1v) is 5.48. The molecule has 0 bridgehead atoms. The molecule has 1 unspecified atom stereocenters. The van der Waals surface area contributed by atoms with Crippen molar-refractivity contribution in [1.29, 1.82) is 0 Å². The molecule has 6 nitrogen and oxygen atoms in total. The third-order valence-corrected chi connectivity index (χ3v) is 2.74. The van der Waals surface area contributed by atoms with Gasteiger partial charge in [-0.1, -0.05) is 12.1 Å². The third-order valence-electron chi connectivity index (χ3n) is 2.74. The van der Waals surface area contributed by atoms with Crippen LogP contribution in [0.1, 0.15) is 36.3 Å². The fourth-order valence-electron chi connectivity index (χ4n) is 1.21. The van der Waals surface area contributed by atoms with Crippen LogP contribution < -0.4 is 15.8 Å². The van der Waals surface area contributed by atoms with E-state index in [1.165, 1.54) is 7.11 Å². The molecule has 1 heterocycles. The Morgan fingerprint density at radius 1 is 1.65 bits per heavy atom. The summed E-state index contributed by atoms with van der Waals surface area (Å²) in [5.74, 6) is -0.0548. The summed E-state index contributed by atoms with van der Waals surface area (Å²) >= 11 is 0. The Morgan fingerprint density at radius 2 is 2.29 bits per heavy atom. The van der Waals surface area contributed by atoms with E-state index < -0.39 is 5.54 Å². The summed E-state index contributed by atoms with van der Waals surface area (Å²) in [5, 5.41) is 6.39. The number of ether oxygens (including phenoxy) is 1. The van der Waals surface area contributed by atoms with Crippen molar-refractivity contribution in [2.75, 3.05) is 13.7 Å². The number of nitrogens with two attached hydrogens (primary N) is 1. The van der Waals surface area contributed by atoms with Crippen molar-refractivity contribution in [2.24, 2.45) is 5.73 Å². The van der Waals surface area contributed by atoms with Gasteiger partial charge in [-0.25, -0.2) is 0 Å². The SMILES string of the molecule is CCC(C)(N)CNC(=O)c1noc(OC)c1C. The maximum atomic E-state index is 11.8. The van der Waals surface area contributed by atoms with Crippen molar-refractivity contribution in [3.05, 3.63) is 11.3 Å². The standard InChI is InChI=1S/C11H19N3O3/c1-5-11(3,12)6-13-9(15)8-7(2)10(16-4)17-14-8/h5-6,12H2,1-4H3,(H,13,15). The zero-order chi connectivity index (χ0) is 13.1. The largest absolute Gasteiger partial charge is 0.467 e. The number of carbonyl (C=O) groups excluding carboxylic acids is 1. The van der Waals surface area contributed by atoms with Gasteiger partial charge in [0, 0.05) is 12.1 Å². The Morgan fingerprint density at radius 3 is 2.76 bits per heavy atom. The van der Waals surface area contributed by atoms with Gasteiger partial charge in [-0.15, -0.1) is 0 Å². The van der Waals surface area contributed by atoms with Gasteiger partial charge in [0.15, 0.2) is 5.69 Å². The molecule has 0 saturated carbocycles. The summed E-state index contributed by atoms with van der Waals surface area (Å²) in [6.07, 6.45) is 0.772. The molecular formula is C11H19N3O3. The Labute approximate surface area is 100 Å². The number of rotatable bonds is 5. The highest BCUT2D eigenvalue weighted by Gasteiger charge is 2.22. The fraction of sp³-hybridized carbons (Fsp3) is 0.636. The van der Waals surface area contributed by atoms with Crippen LogP contribution >= 0.6 is 0 Å². The summed E-state index contributed by atoms with van der Waals surface area (Å²) in [7, 11) is 1.46. The monoisotopic (exact) mass is 241 g/mol. The van der Waals surface area contributed by atoms with Crippen molar-refractivity contribution in [3.63, 3.8) is 0 Å². The molecule has 3 N–H and O–H groups in total. The molecule has 0 aliphatic heterocycles. The molecule has 0 aliphatic carbocycles. The molecule has 17 heavy (non-hydrogen) atoms. The normalized spacial score (nSPS) is 14.2. The molecule has 0 aliphatic rings. The van der Waals surface area contributed by atoms with Gasteiger partial charge in [0.1, 0.15) is 0 Å². The van der Waals surface area contributed by atoms with Crippen LogP contribution in [0.2, 0.25) is 0 Å². The summed E-state index contributed by atoms with van der Waals surface area (Å²) < 4.78 is 9.77. The van der Waals surface area contributed by atoms with Crippen molar-refractivity contribution in [2.45, 2.75) is 32.7 Å². The number of aromatic nitrogens is 1. The molecule has 6 heteroatoms. The van der Waals surface area contributed by atoms with Crippen LogP contribution in [0, 0.1) is 6.92 Å². The van der Waals surface area contributed by atoms with Crippen molar-refractivity contribution >= 4 is 5.91 Å². The van der Waals surface area contributed by atoms with Crippen molar-refractivity contribution < 1.29 is 14.1 Å². The number of carbonyl (C=O) groups is 1. The van der Waals surface area contributed by atoms with Crippen LogP contribution in [-0.4, -0.2) is 30.3 Å².